The number of ketones is 1. The molecule has 0 unspecified atom stereocenters. The molecule has 0 radical (unpaired) electrons. The van der Waals surface area contributed by atoms with Gasteiger partial charge in [-0.25, -0.2) is 0 Å². The lowest BCUT2D eigenvalue weighted by atomic mass is 10.0. The summed E-state index contributed by atoms with van der Waals surface area (Å²) in [5, 5.41) is 5.17. The molecule has 2 aromatic carbocycles. The fourth-order valence-electron chi connectivity index (χ4n) is 4.97. The minimum absolute atomic E-state index is 0.104. The zero-order chi connectivity index (χ0) is 28.6. The molecule has 1 aliphatic heterocycles. The lowest BCUT2D eigenvalue weighted by Crippen LogP contribution is -2.17. The van der Waals surface area contributed by atoms with Crippen molar-refractivity contribution in [3.8, 4) is 5.75 Å². The first-order valence-electron chi connectivity index (χ1n) is 15.2. The Bertz CT molecular complexity index is 1100. The van der Waals surface area contributed by atoms with Gasteiger partial charge in [0.1, 0.15) is 5.75 Å². The van der Waals surface area contributed by atoms with E-state index in [0.29, 0.717) is 23.5 Å². The van der Waals surface area contributed by atoms with Gasteiger partial charge in [-0.1, -0.05) is 95.8 Å². The highest BCUT2D eigenvalue weighted by Crippen LogP contribution is 2.28. The maximum Gasteiger partial charge on any atom is 0.259 e. The number of carbonyl (C=O) groups excluding carboxylic acids is 2. The highest BCUT2D eigenvalue weighted by atomic mass is 32.2. The third-order valence-electron chi connectivity index (χ3n) is 7.45. The summed E-state index contributed by atoms with van der Waals surface area (Å²) in [5.74, 6) is 0.989. The van der Waals surface area contributed by atoms with E-state index in [2.05, 4.69) is 29.5 Å². The molecule has 5 nitrogen and oxygen atoms in total. The van der Waals surface area contributed by atoms with Gasteiger partial charge in [-0.15, -0.1) is 11.8 Å². The molecule has 40 heavy (non-hydrogen) atoms. The lowest BCUT2D eigenvalue weighted by molar-refractivity contribution is 0.101. The van der Waals surface area contributed by atoms with Crippen molar-refractivity contribution in [1.82, 2.24) is 4.90 Å². The number of hydrogen-bond donors (Lipinski definition) is 1. The van der Waals surface area contributed by atoms with Crippen LogP contribution < -0.4 is 10.1 Å². The van der Waals surface area contributed by atoms with Gasteiger partial charge >= 0.3 is 0 Å². The van der Waals surface area contributed by atoms with E-state index in [4.69, 9.17) is 4.74 Å². The zero-order valence-electron chi connectivity index (χ0n) is 24.8. The Balaban J connectivity index is 1.45. The van der Waals surface area contributed by atoms with Crippen molar-refractivity contribution in [2.24, 2.45) is 0 Å². The Hall–Kier alpha value is -2.73. The van der Waals surface area contributed by atoms with E-state index < -0.39 is 0 Å². The van der Waals surface area contributed by atoms with Crippen LogP contribution in [0, 0.1) is 0 Å². The van der Waals surface area contributed by atoms with Crippen molar-refractivity contribution < 1.29 is 14.3 Å². The molecular formula is C34H48N2O3S. The lowest BCUT2D eigenvalue weighted by Gasteiger charge is -2.19. The Labute approximate surface area is 246 Å². The largest absolute Gasteiger partial charge is 0.492 e. The van der Waals surface area contributed by atoms with Crippen molar-refractivity contribution in [3.63, 3.8) is 0 Å². The van der Waals surface area contributed by atoms with Gasteiger partial charge in [-0.2, -0.15) is 0 Å². The van der Waals surface area contributed by atoms with Crippen molar-refractivity contribution >= 4 is 29.1 Å². The van der Waals surface area contributed by atoms with Crippen LogP contribution in [0.5, 0.6) is 5.75 Å². The normalized spacial score (nSPS) is 12.9. The average Bonchev–Trinajstić information content (AvgIpc) is 3.36. The van der Waals surface area contributed by atoms with Gasteiger partial charge in [0.15, 0.2) is 5.78 Å². The average molecular weight is 565 g/mol. The molecule has 1 amide bonds. The number of unbranched alkanes of at least 4 members (excludes halogenated alkanes) is 11. The maximum absolute atomic E-state index is 13.2. The molecule has 0 fully saturated rings. The van der Waals surface area contributed by atoms with Crippen molar-refractivity contribution in [2.75, 3.05) is 17.8 Å². The topological polar surface area (TPSA) is 58.6 Å². The summed E-state index contributed by atoms with van der Waals surface area (Å²) in [7, 11) is 0. The summed E-state index contributed by atoms with van der Waals surface area (Å²) in [6.07, 6.45) is 15.3. The first-order valence-corrected chi connectivity index (χ1v) is 16.2. The van der Waals surface area contributed by atoms with Crippen molar-refractivity contribution in [3.05, 3.63) is 70.3 Å². The highest BCUT2D eigenvalue weighted by molar-refractivity contribution is 8.02. The van der Waals surface area contributed by atoms with Gasteiger partial charge in [0, 0.05) is 17.9 Å². The molecule has 1 N–H and O–H groups in total. The van der Waals surface area contributed by atoms with Crippen LogP contribution in [0.3, 0.4) is 0 Å². The van der Waals surface area contributed by atoms with Gasteiger partial charge in [-0.3, -0.25) is 9.59 Å². The van der Waals surface area contributed by atoms with E-state index in [-0.39, 0.29) is 11.7 Å². The van der Waals surface area contributed by atoms with Crippen LogP contribution in [0.25, 0.3) is 0 Å². The second-order valence-electron chi connectivity index (χ2n) is 10.9. The number of allylic oxidation sites excluding steroid dienone is 1. The Morgan fingerprint density at radius 1 is 0.850 bits per heavy atom. The number of para-hydroxylation sites is 1. The molecule has 3 rings (SSSR count). The van der Waals surface area contributed by atoms with Crippen LogP contribution in [-0.2, 0) is 6.54 Å². The molecule has 0 saturated carbocycles. The fourth-order valence-corrected chi connectivity index (χ4v) is 5.91. The van der Waals surface area contributed by atoms with Crippen LogP contribution in [0.1, 0.15) is 124 Å². The second-order valence-corrected chi connectivity index (χ2v) is 11.7. The Morgan fingerprint density at radius 3 is 2.02 bits per heavy atom. The van der Waals surface area contributed by atoms with E-state index in [0.717, 1.165) is 31.0 Å². The molecule has 0 atom stereocenters. The molecule has 218 valence electrons. The molecule has 0 bridgehead atoms. The Morgan fingerprint density at radius 2 is 1.45 bits per heavy atom. The summed E-state index contributed by atoms with van der Waals surface area (Å²) >= 11 is 1.81. The first-order chi connectivity index (χ1) is 19.5. The number of amides is 1. The molecule has 1 heterocycles. The number of anilines is 1. The molecular weight excluding hydrogens is 516 g/mol. The third kappa shape index (κ3) is 10.7. The summed E-state index contributed by atoms with van der Waals surface area (Å²) in [4.78, 5) is 27.9. The minimum atomic E-state index is -0.268. The number of Topliss-reactive ketones (excluding diaryl/α,β-unsaturated/α-hetero) is 1. The molecule has 1 aliphatic rings. The fraction of sp³-hybridized carbons (Fsp3) is 0.529. The molecule has 0 aromatic heterocycles. The molecule has 2 aromatic rings. The van der Waals surface area contributed by atoms with Gasteiger partial charge in [-0.05, 0) is 55.5 Å². The van der Waals surface area contributed by atoms with E-state index in [1.165, 1.54) is 82.4 Å². The van der Waals surface area contributed by atoms with Crippen LogP contribution in [0.15, 0.2) is 53.6 Å². The summed E-state index contributed by atoms with van der Waals surface area (Å²) in [5.41, 5.74) is 4.04. The smallest absolute Gasteiger partial charge is 0.259 e. The van der Waals surface area contributed by atoms with E-state index in [1.807, 2.05) is 36.0 Å². The van der Waals surface area contributed by atoms with E-state index >= 15 is 0 Å². The number of nitrogens with one attached hydrogen (secondary N) is 1. The second kappa shape index (κ2) is 17.9. The predicted octanol–water partition coefficient (Wildman–Crippen LogP) is 9.59. The van der Waals surface area contributed by atoms with Gasteiger partial charge in [0.05, 0.1) is 23.6 Å². The molecule has 0 saturated heterocycles. The van der Waals surface area contributed by atoms with Crippen molar-refractivity contribution in [2.45, 2.75) is 104 Å². The number of nitrogens with zero attached hydrogens (tertiary/aromatic N) is 1. The zero-order valence-corrected chi connectivity index (χ0v) is 25.6. The standard InChI is InChI=1S/C34H48N2O3S/c1-4-5-6-7-8-9-10-11-12-13-14-15-23-39-33-31(28(3)37)17-16-18-32(33)34(38)35-30-21-19-29(20-22-30)24-36-26-40-25-27(36)2/h16-22,25H,4-15,23-24,26H2,1-3H3,(H,35,38). The number of thioether (sulfide) groups is 1. The molecule has 6 heteroatoms. The van der Waals surface area contributed by atoms with Crippen LogP contribution in [0.2, 0.25) is 0 Å². The predicted molar refractivity (Wildman–Crippen MR) is 169 cm³/mol. The van der Waals surface area contributed by atoms with Crippen LogP contribution >= 0.6 is 11.8 Å². The number of rotatable bonds is 19. The monoisotopic (exact) mass is 564 g/mol. The minimum Gasteiger partial charge on any atom is -0.492 e. The van der Waals surface area contributed by atoms with E-state index in [1.54, 1.807) is 18.2 Å². The summed E-state index contributed by atoms with van der Waals surface area (Å²) in [6, 6.07) is 13.2. The van der Waals surface area contributed by atoms with Gasteiger partial charge < -0.3 is 15.0 Å². The number of hydrogen-bond acceptors (Lipinski definition) is 5. The number of ether oxygens (including phenoxy) is 1. The third-order valence-corrected chi connectivity index (χ3v) is 8.42. The first kappa shape index (κ1) is 31.8. The Kier molecular flexibility index (Phi) is 14.2. The van der Waals surface area contributed by atoms with Crippen molar-refractivity contribution in [1.29, 1.82) is 0 Å². The van der Waals surface area contributed by atoms with Crippen LogP contribution in [-0.4, -0.2) is 29.1 Å². The van der Waals surface area contributed by atoms with Gasteiger partial charge in [0.2, 0.25) is 0 Å². The number of carbonyl (C=O) groups is 2. The quantitative estimate of drug-likeness (QED) is 0.136. The molecule has 0 aliphatic carbocycles. The van der Waals surface area contributed by atoms with Gasteiger partial charge in [0.25, 0.3) is 5.91 Å². The number of benzene rings is 2. The molecule has 0 spiro atoms. The highest BCUT2D eigenvalue weighted by Gasteiger charge is 2.19. The summed E-state index contributed by atoms with van der Waals surface area (Å²) in [6.45, 7) is 7.25. The SMILES string of the molecule is CCCCCCCCCCCCCCOc1c(C(C)=O)cccc1C(=O)Nc1ccc(CN2CSC=C2C)cc1. The maximum atomic E-state index is 13.2. The van der Waals surface area contributed by atoms with Crippen LogP contribution in [0.4, 0.5) is 5.69 Å². The van der Waals surface area contributed by atoms with E-state index in [9.17, 15) is 9.59 Å². The summed E-state index contributed by atoms with van der Waals surface area (Å²) < 4.78 is 6.09.